The van der Waals surface area contributed by atoms with Gasteiger partial charge in [-0.25, -0.2) is 0 Å². The Morgan fingerprint density at radius 3 is 2.67 bits per heavy atom. The fourth-order valence-electron chi connectivity index (χ4n) is 3.35. The minimum atomic E-state index is -0.188. The Morgan fingerprint density at radius 1 is 1.25 bits per heavy atom. The van der Waals surface area contributed by atoms with E-state index in [1.54, 1.807) is 0 Å². The molecule has 0 bridgehead atoms. The second kappa shape index (κ2) is 12.2. The molecule has 0 aromatic rings. The number of hydrogen-bond acceptors (Lipinski definition) is 5. The summed E-state index contributed by atoms with van der Waals surface area (Å²) in [6.45, 7) is 5.61. The molecule has 0 radical (unpaired) electrons. The maximum Gasteiger partial charge on any atom is 0.302 e. The Hall–Kier alpha value is -1.26. The van der Waals surface area contributed by atoms with E-state index in [4.69, 9.17) is 15.5 Å². The Labute approximate surface area is 147 Å². The molecule has 0 amide bonds. The zero-order valence-electron chi connectivity index (χ0n) is 15.9. The topological polar surface area (TPSA) is 76.7 Å². The van der Waals surface area contributed by atoms with E-state index in [-0.39, 0.29) is 12.1 Å². The van der Waals surface area contributed by atoms with E-state index in [0.29, 0.717) is 18.0 Å². The molecule has 1 unspecified atom stereocenters. The van der Waals surface area contributed by atoms with Crippen molar-refractivity contribution in [1.29, 1.82) is 0 Å². The number of guanidine groups is 1. The lowest BCUT2D eigenvalue weighted by Crippen LogP contribution is -2.39. The van der Waals surface area contributed by atoms with Gasteiger partial charge in [0.1, 0.15) is 0 Å². The van der Waals surface area contributed by atoms with E-state index in [0.717, 1.165) is 38.5 Å². The average Bonchev–Trinajstić information content (AvgIpc) is 2.51. The van der Waals surface area contributed by atoms with Crippen LogP contribution in [0.2, 0.25) is 0 Å². The number of aliphatic imine (C=N–C) groups is 1. The Bertz CT molecular complexity index is 385. The standard InChI is InChI=1S/C19H37N3O2/c1-15-11-7-4-5-9-13-18(22-19(20)21-15)14-10-6-8-12-16(2)24-17(3)23/h15-16,18H,4-14H2,1-3H3,(H3,20,21,22)/t15-,16?,18-/m1/s1. The third-order valence-corrected chi connectivity index (χ3v) is 4.66. The maximum absolute atomic E-state index is 10.9. The van der Waals surface area contributed by atoms with E-state index < -0.39 is 0 Å². The molecule has 0 spiro atoms. The summed E-state index contributed by atoms with van der Waals surface area (Å²) in [5, 5.41) is 3.32. The van der Waals surface area contributed by atoms with Crippen LogP contribution in [-0.4, -0.2) is 30.1 Å². The van der Waals surface area contributed by atoms with Crippen molar-refractivity contribution in [1.82, 2.24) is 5.32 Å². The van der Waals surface area contributed by atoms with Crippen LogP contribution in [0.15, 0.2) is 4.99 Å². The van der Waals surface area contributed by atoms with Gasteiger partial charge in [0.2, 0.25) is 0 Å². The largest absolute Gasteiger partial charge is 0.463 e. The number of ether oxygens (including phenoxy) is 1. The van der Waals surface area contributed by atoms with Gasteiger partial charge in [0.05, 0.1) is 12.1 Å². The Balaban J connectivity index is 2.30. The molecule has 0 aromatic carbocycles. The Morgan fingerprint density at radius 2 is 1.96 bits per heavy atom. The van der Waals surface area contributed by atoms with Gasteiger partial charge in [-0.3, -0.25) is 9.79 Å². The first-order chi connectivity index (χ1) is 11.5. The van der Waals surface area contributed by atoms with E-state index in [1.165, 1.54) is 39.0 Å². The molecular formula is C19H37N3O2. The van der Waals surface area contributed by atoms with Gasteiger partial charge in [-0.15, -0.1) is 0 Å². The lowest BCUT2D eigenvalue weighted by atomic mass is 10.0. The normalized spacial score (nSPS) is 24.2. The summed E-state index contributed by atoms with van der Waals surface area (Å²) >= 11 is 0. The van der Waals surface area contributed by atoms with Crippen LogP contribution >= 0.6 is 0 Å². The number of unbranched alkanes of at least 4 members (excludes halogenated alkanes) is 2. The molecule has 1 aliphatic rings. The monoisotopic (exact) mass is 339 g/mol. The van der Waals surface area contributed by atoms with Crippen LogP contribution < -0.4 is 11.1 Å². The van der Waals surface area contributed by atoms with E-state index in [9.17, 15) is 4.79 Å². The molecule has 1 rings (SSSR count). The number of rotatable bonds is 7. The first-order valence-electron chi connectivity index (χ1n) is 9.74. The fraction of sp³-hybridized carbons (Fsp3) is 0.895. The van der Waals surface area contributed by atoms with Gasteiger partial charge in [0.25, 0.3) is 0 Å². The molecule has 1 heterocycles. The average molecular weight is 340 g/mol. The first kappa shape index (κ1) is 20.8. The molecule has 5 nitrogen and oxygen atoms in total. The molecule has 140 valence electrons. The fourth-order valence-corrected chi connectivity index (χ4v) is 3.35. The van der Waals surface area contributed by atoms with Gasteiger partial charge < -0.3 is 15.8 Å². The van der Waals surface area contributed by atoms with Crippen LogP contribution in [0.1, 0.15) is 91.4 Å². The Kier molecular flexibility index (Phi) is 10.5. The van der Waals surface area contributed by atoms with Crippen molar-refractivity contribution in [3.63, 3.8) is 0 Å². The van der Waals surface area contributed by atoms with Crippen LogP contribution in [0.4, 0.5) is 0 Å². The molecular weight excluding hydrogens is 302 g/mol. The molecule has 0 aromatic heterocycles. The predicted octanol–water partition coefficient (Wildman–Crippen LogP) is 3.90. The quantitative estimate of drug-likeness (QED) is 0.545. The minimum absolute atomic E-state index is 0.0271. The van der Waals surface area contributed by atoms with Gasteiger partial charge in [-0.2, -0.15) is 0 Å². The number of hydrogen-bond donors (Lipinski definition) is 2. The minimum Gasteiger partial charge on any atom is -0.463 e. The van der Waals surface area contributed by atoms with Crippen LogP contribution in [0.25, 0.3) is 0 Å². The van der Waals surface area contributed by atoms with Crippen molar-refractivity contribution in [2.45, 2.75) is 110 Å². The highest BCUT2D eigenvalue weighted by molar-refractivity contribution is 5.78. The molecule has 0 fully saturated rings. The summed E-state index contributed by atoms with van der Waals surface area (Å²) in [4.78, 5) is 15.6. The number of carbonyl (C=O) groups is 1. The molecule has 5 heteroatoms. The van der Waals surface area contributed by atoms with Gasteiger partial charge >= 0.3 is 5.97 Å². The number of nitrogens with one attached hydrogen (secondary N) is 1. The lowest BCUT2D eigenvalue weighted by Gasteiger charge is -2.16. The highest BCUT2D eigenvalue weighted by atomic mass is 16.5. The summed E-state index contributed by atoms with van der Waals surface area (Å²) < 4.78 is 5.15. The second-order valence-corrected chi connectivity index (χ2v) is 7.26. The number of nitrogens with zero attached hydrogens (tertiary/aromatic N) is 1. The van der Waals surface area contributed by atoms with E-state index >= 15 is 0 Å². The van der Waals surface area contributed by atoms with Crippen molar-refractivity contribution in [2.75, 3.05) is 0 Å². The molecule has 1 aliphatic heterocycles. The van der Waals surface area contributed by atoms with Crippen LogP contribution in [0.3, 0.4) is 0 Å². The summed E-state index contributed by atoms with van der Waals surface area (Å²) in [5.41, 5.74) is 6.06. The molecule has 0 aliphatic carbocycles. The second-order valence-electron chi connectivity index (χ2n) is 7.26. The SMILES string of the molecule is CC(=O)OC(C)CCCCC[C@H]1CCCCCC[C@@H](C)NC(N)=N1. The predicted molar refractivity (Wildman–Crippen MR) is 100 cm³/mol. The van der Waals surface area contributed by atoms with Gasteiger partial charge in [0.15, 0.2) is 5.96 Å². The van der Waals surface area contributed by atoms with E-state index in [2.05, 4.69) is 12.2 Å². The molecule has 0 saturated carbocycles. The van der Waals surface area contributed by atoms with Crippen molar-refractivity contribution < 1.29 is 9.53 Å². The van der Waals surface area contributed by atoms with Gasteiger partial charge in [-0.1, -0.05) is 38.5 Å². The zero-order valence-corrected chi connectivity index (χ0v) is 15.9. The summed E-state index contributed by atoms with van der Waals surface area (Å²) in [5.74, 6) is 0.421. The number of esters is 1. The van der Waals surface area contributed by atoms with Crippen molar-refractivity contribution >= 4 is 11.9 Å². The molecule has 24 heavy (non-hydrogen) atoms. The molecule has 3 N–H and O–H groups in total. The smallest absolute Gasteiger partial charge is 0.302 e. The van der Waals surface area contributed by atoms with Crippen molar-refractivity contribution in [2.24, 2.45) is 10.7 Å². The molecule has 0 saturated heterocycles. The van der Waals surface area contributed by atoms with Crippen molar-refractivity contribution in [3.05, 3.63) is 0 Å². The number of carbonyl (C=O) groups excluding carboxylic acids is 1. The highest BCUT2D eigenvalue weighted by Gasteiger charge is 2.11. The van der Waals surface area contributed by atoms with Crippen LogP contribution in [-0.2, 0) is 9.53 Å². The van der Waals surface area contributed by atoms with E-state index in [1.807, 2.05) is 6.92 Å². The third kappa shape index (κ3) is 10.5. The van der Waals surface area contributed by atoms with Gasteiger partial charge in [0, 0.05) is 13.0 Å². The number of nitrogens with two attached hydrogens (primary N) is 1. The summed E-state index contributed by atoms with van der Waals surface area (Å²) in [6.07, 6.45) is 12.9. The van der Waals surface area contributed by atoms with Gasteiger partial charge in [-0.05, 0) is 46.0 Å². The van der Waals surface area contributed by atoms with Crippen molar-refractivity contribution in [3.8, 4) is 0 Å². The maximum atomic E-state index is 10.9. The first-order valence-corrected chi connectivity index (χ1v) is 9.74. The summed E-state index contributed by atoms with van der Waals surface area (Å²) in [6, 6.07) is 0.754. The molecule has 3 atom stereocenters. The zero-order chi connectivity index (χ0) is 17.8. The highest BCUT2D eigenvalue weighted by Crippen LogP contribution is 2.17. The lowest BCUT2D eigenvalue weighted by molar-refractivity contribution is -0.145. The van der Waals surface area contributed by atoms with Crippen LogP contribution in [0.5, 0.6) is 0 Å². The van der Waals surface area contributed by atoms with Crippen LogP contribution in [0, 0.1) is 0 Å². The summed E-state index contributed by atoms with van der Waals surface area (Å²) in [7, 11) is 0. The third-order valence-electron chi connectivity index (χ3n) is 4.66.